The lowest BCUT2D eigenvalue weighted by atomic mass is 10.00. The number of hydrogen-bond donors (Lipinski definition) is 0. The molecule has 57 heavy (non-hydrogen) atoms. The molecule has 5 heteroatoms. The molecular formula is C52H31N3O2. The summed E-state index contributed by atoms with van der Waals surface area (Å²) in [4.78, 5) is 10.6. The molecule has 0 aliphatic carbocycles. The van der Waals surface area contributed by atoms with Crippen molar-refractivity contribution in [3.63, 3.8) is 0 Å². The quantitative estimate of drug-likeness (QED) is 0.177. The molecule has 0 amide bonds. The van der Waals surface area contributed by atoms with Gasteiger partial charge in [-0.2, -0.15) is 0 Å². The molecule has 266 valence electrons. The molecule has 0 N–H and O–H groups in total. The Morgan fingerprint density at radius 2 is 1.04 bits per heavy atom. The van der Waals surface area contributed by atoms with E-state index in [4.69, 9.17) is 18.8 Å². The Balaban J connectivity index is 1.11. The number of furan rings is 2. The van der Waals surface area contributed by atoms with Gasteiger partial charge in [0.1, 0.15) is 16.7 Å². The molecule has 0 bridgehead atoms. The fraction of sp³-hybridized carbons (Fsp3) is 0. The van der Waals surface area contributed by atoms with Gasteiger partial charge in [-0.25, -0.2) is 9.97 Å². The highest BCUT2D eigenvalue weighted by atomic mass is 16.3. The largest absolute Gasteiger partial charge is 0.456 e. The van der Waals surface area contributed by atoms with Crippen molar-refractivity contribution in [2.45, 2.75) is 0 Å². The zero-order valence-corrected chi connectivity index (χ0v) is 30.6. The van der Waals surface area contributed by atoms with Crippen molar-refractivity contribution in [3.05, 3.63) is 188 Å². The molecule has 0 aliphatic rings. The van der Waals surface area contributed by atoms with Crippen molar-refractivity contribution in [3.8, 4) is 50.7 Å². The van der Waals surface area contributed by atoms with Gasteiger partial charge in [0.15, 0.2) is 11.4 Å². The molecule has 0 saturated carbocycles. The fourth-order valence-corrected chi connectivity index (χ4v) is 8.57. The van der Waals surface area contributed by atoms with Crippen molar-refractivity contribution < 1.29 is 8.83 Å². The predicted molar refractivity (Wildman–Crippen MR) is 233 cm³/mol. The Labute approximate surface area is 326 Å². The van der Waals surface area contributed by atoms with E-state index in [1.165, 1.54) is 5.39 Å². The molecule has 12 rings (SSSR count). The maximum absolute atomic E-state index is 7.11. The number of aromatic nitrogens is 3. The first-order chi connectivity index (χ1) is 28.2. The van der Waals surface area contributed by atoms with Crippen molar-refractivity contribution in [2.24, 2.45) is 0 Å². The van der Waals surface area contributed by atoms with E-state index in [1.54, 1.807) is 0 Å². The number of para-hydroxylation sites is 4. The first-order valence-corrected chi connectivity index (χ1v) is 19.1. The number of rotatable bonds is 5. The summed E-state index contributed by atoms with van der Waals surface area (Å²) in [5.74, 6) is 0.625. The van der Waals surface area contributed by atoms with Gasteiger partial charge in [0.2, 0.25) is 0 Å². The minimum Gasteiger partial charge on any atom is -0.456 e. The minimum atomic E-state index is 0.625. The van der Waals surface area contributed by atoms with Gasteiger partial charge in [-0.3, -0.25) is 0 Å². The summed E-state index contributed by atoms with van der Waals surface area (Å²) in [6, 6.07) is 65.4. The van der Waals surface area contributed by atoms with Gasteiger partial charge in [0.25, 0.3) is 0 Å². The molecule has 4 aromatic heterocycles. The molecule has 0 aliphatic heterocycles. The lowest BCUT2D eigenvalue weighted by Crippen LogP contribution is -1.96. The summed E-state index contributed by atoms with van der Waals surface area (Å²) in [7, 11) is 0. The van der Waals surface area contributed by atoms with Crippen LogP contribution in [0.3, 0.4) is 0 Å². The fourth-order valence-electron chi connectivity index (χ4n) is 8.57. The van der Waals surface area contributed by atoms with Gasteiger partial charge in [-0.1, -0.05) is 121 Å². The van der Waals surface area contributed by atoms with Gasteiger partial charge >= 0.3 is 0 Å². The van der Waals surface area contributed by atoms with Crippen LogP contribution in [0.1, 0.15) is 0 Å². The standard InChI is InChI=1S/C52H31N3O2/c1-3-13-32(14-4-1)33-15-11-16-34(29-33)44-31-45(54-52(53-44)35-25-28-48-43(30-35)38-20-8-10-24-47(38)56-48)42-22-12-21-40-41-27-26-39-37-19-7-9-23-46(37)55(36-17-5-2-6-18-36)49(39)51(41)57-50(40)42/h1-31H. The molecule has 0 unspecified atom stereocenters. The summed E-state index contributed by atoms with van der Waals surface area (Å²) in [6.45, 7) is 0. The number of hydrogen-bond acceptors (Lipinski definition) is 4. The topological polar surface area (TPSA) is 57.0 Å². The normalized spacial score (nSPS) is 11.9. The van der Waals surface area contributed by atoms with Gasteiger partial charge in [-0.15, -0.1) is 0 Å². The Morgan fingerprint density at radius 1 is 0.368 bits per heavy atom. The monoisotopic (exact) mass is 729 g/mol. The van der Waals surface area contributed by atoms with Gasteiger partial charge in [0.05, 0.1) is 22.4 Å². The second kappa shape index (κ2) is 12.4. The highest BCUT2D eigenvalue weighted by Crippen LogP contribution is 2.43. The van der Waals surface area contributed by atoms with E-state index in [0.717, 1.165) is 105 Å². The first kappa shape index (κ1) is 31.6. The lowest BCUT2D eigenvalue weighted by Gasteiger charge is -2.11. The van der Waals surface area contributed by atoms with Crippen LogP contribution in [0, 0.1) is 0 Å². The SMILES string of the molecule is c1ccc(-c2cccc(-c3cc(-c4cccc5c4oc4c5ccc5c6ccccc6n(-c6ccccc6)c54)nc(-c4ccc5oc6ccccc6c5c4)n3)c2)cc1. The molecule has 5 nitrogen and oxygen atoms in total. The summed E-state index contributed by atoms with van der Waals surface area (Å²) < 4.78 is 15.6. The van der Waals surface area contributed by atoms with Gasteiger partial charge in [-0.05, 0) is 77.9 Å². The van der Waals surface area contributed by atoms with Gasteiger partial charge < -0.3 is 13.4 Å². The molecular weight excluding hydrogens is 699 g/mol. The Bertz CT molecular complexity index is 3520. The molecule has 12 aromatic rings. The Hall–Kier alpha value is -7.76. The highest BCUT2D eigenvalue weighted by Gasteiger charge is 2.22. The van der Waals surface area contributed by atoms with Crippen LogP contribution < -0.4 is 0 Å². The van der Waals surface area contributed by atoms with Gasteiger partial charge in [0, 0.05) is 54.7 Å². The van der Waals surface area contributed by atoms with Crippen molar-refractivity contribution >= 4 is 65.7 Å². The van der Waals surface area contributed by atoms with E-state index in [0.29, 0.717) is 5.82 Å². The number of benzene rings is 8. The summed E-state index contributed by atoms with van der Waals surface area (Å²) in [5.41, 5.74) is 13.3. The zero-order chi connectivity index (χ0) is 37.5. The second-order valence-electron chi connectivity index (χ2n) is 14.5. The lowest BCUT2D eigenvalue weighted by molar-refractivity contribution is 0.669. The third-order valence-electron chi connectivity index (χ3n) is 11.2. The third kappa shape index (κ3) is 4.96. The van der Waals surface area contributed by atoms with Crippen LogP contribution in [0.4, 0.5) is 0 Å². The molecule has 4 heterocycles. The van der Waals surface area contributed by atoms with E-state index >= 15 is 0 Å². The van der Waals surface area contributed by atoms with Crippen LogP contribution in [0.25, 0.3) is 116 Å². The highest BCUT2D eigenvalue weighted by molar-refractivity contribution is 6.22. The molecule has 0 radical (unpaired) electrons. The molecule has 0 atom stereocenters. The van der Waals surface area contributed by atoms with E-state index in [2.05, 4.69) is 162 Å². The number of nitrogens with zero attached hydrogens (tertiary/aromatic N) is 3. The van der Waals surface area contributed by atoms with E-state index in [1.807, 2.05) is 30.3 Å². The van der Waals surface area contributed by atoms with Crippen molar-refractivity contribution in [2.75, 3.05) is 0 Å². The van der Waals surface area contributed by atoms with E-state index in [9.17, 15) is 0 Å². The summed E-state index contributed by atoms with van der Waals surface area (Å²) in [5, 5.41) is 6.52. The molecule has 0 fully saturated rings. The maximum Gasteiger partial charge on any atom is 0.160 e. The van der Waals surface area contributed by atoms with Crippen LogP contribution in [-0.4, -0.2) is 14.5 Å². The van der Waals surface area contributed by atoms with Crippen LogP contribution in [0.2, 0.25) is 0 Å². The summed E-state index contributed by atoms with van der Waals surface area (Å²) in [6.07, 6.45) is 0. The van der Waals surface area contributed by atoms with Crippen LogP contribution in [0.15, 0.2) is 197 Å². The average molecular weight is 730 g/mol. The smallest absolute Gasteiger partial charge is 0.160 e. The maximum atomic E-state index is 7.11. The molecule has 8 aromatic carbocycles. The van der Waals surface area contributed by atoms with E-state index < -0.39 is 0 Å². The average Bonchev–Trinajstić information content (AvgIpc) is 3.96. The number of fused-ring (bicyclic) bond motifs is 10. The van der Waals surface area contributed by atoms with E-state index in [-0.39, 0.29) is 0 Å². The van der Waals surface area contributed by atoms with Crippen molar-refractivity contribution in [1.82, 2.24) is 14.5 Å². The molecule has 0 saturated heterocycles. The molecule has 0 spiro atoms. The zero-order valence-electron chi connectivity index (χ0n) is 30.6. The Morgan fingerprint density at radius 3 is 1.93 bits per heavy atom. The summed E-state index contributed by atoms with van der Waals surface area (Å²) >= 11 is 0. The van der Waals surface area contributed by atoms with Crippen LogP contribution in [-0.2, 0) is 0 Å². The second-order valence-corrected chi connectivity index (χ2v) is 14.5. The predicted octanol–water partition coefficient (Wildman–Crippen LogP) is 14.0. The van der Waals surface area contributed by atoms with Crippen molar-refractivity contribution in [1.29, 1.82) is 0 Å². The minimum absolute atomic E-state index is 0.625. The first-order valence-electron chi connectivity index (χ1n) is 19.1. The van der Waals surface area contributed by atoms with Crippen LogP contribution >= 0.6 is 0 Å². The Kier molecular flexibility index (Phi) is 6.86. The van der Waals surface area contributed by atoms with Crippen LogP contribution in [0.5, 0.6) is 0 Å². The third-order valence-corrected chi connectivity index (χ3v) is 11.2.